The molecule has 2 nitrogen and oxygen atoms in total. The molecule has 126 valence electrons. The van der Waals surface area contributed by atoms with E-state index in [1.165, 1.54) is 38.5 Å². The first-order valence-corrected chi connectivity index (χ1v) is 15.7. The first-order chi connectivity index (χ1) is 10.1. The van der Waals surface area contributed by atoms with Crippen molar-refractivity contribution < 1.29 is 4.43 Å². The summed E-state index contributed by atoms with van der Waals surface area (Å²) in [6, 6.07) is 0. The predicted octanol–water partition coefficient (Wildman–Crippen LogP) is 4.90. The molecule has 1 N–H and O–H groups in total. The lowest BCUT2D eigenvalue weighted by Crippen LogP contribution is -2.55. The highest BCUT2D eigenvalue weighted by atomic mass is 28.4. The van der Waals surface area contributed by atoms with Crippen LogP contribution in [0.1, 0.15) is 38.5 Å². The lowest BCUT2D eigenvalue weighted by molar-refractivity contribution is -0.0327. The maximum atomic E-state index is 5.85. The molecule has 4 saturated carbocycles. The minimum Gasteiger partial charge on any atom is -0.402 e. The van der Waals surface area contributed by atoms with Crippen molar-refractivity contribution in [3.63, 3.8) is 0 Å². The van der Waals surface area contributed by atoms with E-state index in [1.807, 2.05) is 7.11 Å². The first kappa shape index (κ1) is 16.8. The number of rotatable bonds is 5. The van der Waals surface area contributed by atoms with Crippen molar-refractivity contribution >= 4 is 16.6 Å². The van der Waals surface area contributed by atoms with Crippen LogP contribution < -0.4 is 4.98 Å². The highest BCUT2D eigenvalue weighted by Crippen LogP contribution is 2.62. The van der Waals surface area contributed by atoms with E-state index in [2.05, 4.69) is 43.4 Å². The number of hydrogen-bond acceptors (Lipinski definition) is 2. The van der Waals surface area contributed by atoms with Crippen molar-refractivity contribution in [2.45, 2.75) is 71.3 Å². The van der Waals surface area contributed by atoms with Crippen LogP contribution in [-0.4, -0.2) is 23.7 Å². The Bertz CT molecular complexity index is 429. The Morgan fingerprint density at radius 1 is 0.955 bits per heavy atom. The summed E-state index contributed by atoms with van der Waals surface area (Å²) < 4.78 is 5.85. The summed E-state index contributed by atoms with van der Waals surface area (Å²) in [6.45, 7) is 12.0. The standard InChI is InChI=1S/C18H35NOSi2/c1-20-22(5,6)19-17(13-21(2,3)4)18-10-14-7-15(11-18)9-16(8-14)12-18/h13-16,19H,7-12H2,1-6H3/b17-13+. The summed E-state index contributed by atoms with van der Waals surface area (Å²) in [5, 5.41) is 0. The minimum atomic E-state index is -1.79. The van der Waals surface area contributed by atoms with E-state index in [1.54, 1.807) is 5.70 Å². The van der Waals surface area contributed by atoms with E-state index >= 15 is 0 Å². The molecular weight excluding hydrogens is 302 g/mol. The van der Waals surface area contributed by atoms with Gasteiger partial charge in [-0.05, 0) is 69.4 Å². The Morgan fingerprint density at radius 2 is 1.41 bits per heavy atom. The number of allylic oxidation sites excluding steroid dienone is 1. The van der Waals surface area contributed by atoms with Gasteiger partial charge < -0.3 is 9.41 Å². The Morgan fingerprint density at radius 3 is 1.77 bits per heavy atom. The Kier molecular flexibility index (Phi) is 4.19. The Labute approximate surface area is 139 Å². The molecule has 0 aliphatic heterocycles. The predicted molar refractivity (Wildman–Crippen MR) is 99.7 cm³/mol. The van der Waals surface area contributed by atoms with Gasteiger partial charge in [0.25, 0.3) is 8.48 Å². The molecule has 0 amide bonds. The number of hydrogen-bond donors (Lipinski definition) is 1. The Balaban J connectivity index is 1.93. The molecule has 4 bridgehead atoms. The molecule has 4 aliphatic rings. The molecule has 0 saturated heterocycles. The van der Waals surface area contributed by atoms with Crippen molar-refractivity contribution in [3.05, 3.63) is 11.4 Å². The highest BCUT2D eigenvalue weighted by molar-refractivity contribution is 6.81. The van der Waals surface area contributed by atoms with Gasteiger partial charge in [-0.2, -0.15) is 0 Å². The maximum Gasteiger partial charge on any atom is 0.291 e. The molecule has 0 radical (unpaired) electrons. The molecule has 4 aliphatic carbocycles. The van der Waals surface area contributed by atoms with Crippen LogP contribution in [0.15, 0.2) is 11.4 Å². The van der Waals surface area contributed by atoms with E-state index in [4.69, 9.17) is 4.43 Å². The zero-order valence-corrected chi connectivity index (χ0v) is 17.5. The monoisotopic (exact) mass is 337 g/mol. The van der Waals surface area contributed by atoms with Crippen LogP contribution >= 0.6 is 0 Å². The van der Waals surface area contributed by atoms with Crippen LogP contribution in [0.2, 0.25) is 32.7 Å². The second-order valence-corrected chi connectivity index (χ2v) is 18.7. The summed E-state index contributed by atoms with van der Waals surface area (Å²) in [5.74, 6) is 3.02. The summed E-state index contributed by atoms with van der Waals surface area (Å²) in [7, 11) is -1.15. The van der Waals surface area contributed by atoms with Gasteiger partial charge in [-0.25, -0.2) is 0 Å². The zero-order chi connectivity index (χ0) is 16.2. The van der Waals surface area contributed by atoms with Crippen molar-refractivity contribution in [2.75, 3.05) is 7.11 Å². The van der Waals surface area contributed by atoms with Gasteiger partial charge in [0.05, 0.1) is 8.07 Å². The van der Waals surface area contributed by atoms with E-state index < -0.39 is 16.6 Å². The van der Waals surface area contributed by atoms with Crippen molar-refractivity contribution in [3.8, 4) is 0 Å². The van der Waals surface area contributed by atoms with Gasteiger partial charge in [0.1, 0.15) is 0 Å². The second kappa shape index (κ2) is 5.49. The summed E-state index contributed by atoms with van der Waals surface area (Å²) in [5.41, 5.74) is 4.75. The van der Waals surface area contributed by atoms with Crippen molar-refractivity contribution in [1.29, 1.82) is 0 Å². The van der Waals surface area contributed by atoms with Gasteiger partial charge in [0.15, 0.2) is 0 Å². The van der Waals surface area contributed by atoms with Crippen LogP contribution in [0.3, 0.4) is 0 Å². The SMILES string of the molecule is CO[Si](C)(C)N/C(=C/[Si](C)(C)C)C12CC3CC(CC(C3)C1)C2. The zero-order valence-electron chi connectivity index (χ0n) is 15.5. The fourth-order valence-electron chi connectivity index (χ4n) is 5.57. The van der Waals surface area contributed by atoms with Crippen LogP contribution in [0.25, 0.3) is 0 Å². The fraction of sp³-hybridized carbons (Fsp3) is 0.889. The van der Waals surface area contributed by atoms with E-state index in [-0.39, 0.29) is 0 Å². The molecule has 0 aromatic carbocycles. The van der Waals surface area contributed by atoms with Gasteiger partial charge >= 0.3 is 0 Å². The van der Waals surface area contributed by atoms with Crippen LogP contribution in [-0.2, 0) is 4.43 Å². The quantitative estimate of drug-likeness (QED) is 0.720. The third kappa shape index (κ3) is 3.39. The third-order valence-electron chi connectivity index (χ3n) is 6.13. The molecule has 0 aromatic heterocycles. The molecule has 22 heavy (non-hydrogen) atoms. The van der Waals surface area contributed by atoms with Gasteiger partial charge in [-0.1, -0.05) is 25.3 Å². The average Bonchev–Trinajstić information content (AvgIpc) is 2.34. The third-order valence-corrected chi connectivity index (χ3v) is 9.18. The van der Waals surface area contributed by atoms with Crippen LogP contribution in [0, 0.1) is 23.2 Å². The largest absolute Gasteiger partial charge is 0.402 e. The summed E-state index contributed by atoms with van der Waals surface area (Å²) >= 11 is 0. The molecule has 4 fully saturated rings. The lowest BCUT2D eigenvalue weighted by Gasteiger charge is -2.58. The van der Waals surface area contributed by atoms with E-state index in [9.17, 15) is 0 Å². The van der Waals surface area contributed by atoms with Gasteiger partial charge in [-0.15, -0.1) is 0 Å². The van der Waals surface area contributed by atoms with Crippen LogP contribution in [0.5, 0.6) is 0 Å². The Hall–Kier alpha value is -0.0662. The molecule has 4 rings (SSSR count). The average molecular weight is 338 g/mol. The molecule has 0 heterocycles. The normalized spacial score (nSPS) is 38.5. The van der Waals surface area contributed by atoms with Gasteiger partial charge in [-0.3, -0.25) is 0 Å². The molecule has 4 heteroatoms. The number of nitrogens with one attached hydrogen (secondary N) is 1. The second-order valence-electron chi connectivity index (χ2n) is 9.96. The van der Waals surface area contributed by atoms with Crippen molar-refractivity contribution in [1.82, 2.24) is 4.98 Å². The van der Waals surface area contributed by atoms with Crippen molar-refractivity contribution in [2.24, 2.45) is 23.2 Å². The molecule has 0 unspecified atom stereocenters. The molecule has 0 spiro atoms. The maximum absolute atomic E-state index is 5.85. The lowest BCUT2D eigenvalue weighted by atomic mass is 9.49. The topological polar surface area (TPSA) is 21.3 Å². The van der Waals surface area contributed by atoms with E-state index in [0.717, 1.165) is 17.8 Å². The fourth-order valence-corrected chi connectivity index (χ4v) is 8.05. The summed E-state index contributed by atoms with van der Waals surface area (Å²) in [6.07, 6.45) is 8.88. The first-order valence-electron chi connectivity index (χ1n) is 9.17. The highest BCUT2D eigenvalue weighted by Gasteiger charge is 2.53. The molecule has 0 atom stereocenters. The minimum absolute atomic E-state index is 0.470. The van der Waals surface area contributed by atoms with Gasteiger partial charge in [0, 0.05) is 18.2 Å². The van der Waals surface area contributed by atoms with Gasteiger partial charge in [0.2, 0.25) is 0 Å². The van der Waals surface area contributed by atoms with Crippen LogP contribution in [0.4, 0.5) is 0 Å². The van der Waals surface area contributed by atoms with E-state index in [0.29, 0.717) is 5.41 Å². The molecular formula is C18H35NOSi2. The summed E-state index contributed by atoms with van der Waals surface area (Å²) in [4.78, 5) is 3.97. The smallest absolute Gasteiger partial charge is 0.291 e. The molecule has 0 aromatic rings.